The Kier molecular flexibility index (Phi) is 5.01. The van der Waals surface area contributed by atoms with Gasteiger partial charge in [0, 0.05) is 32.1 Å². The van der Waals surface area contributed by atoms with Gasteiger partial charge in [0.25, 0.3) is 5.91 Å². The predicted molar refractivity (Wildman–Crippen MR) is 72.0 cm³/mol. The van der Waals surface area contributed by atoms with Gasteiger partial charge in [0.1, 0.15) is 0 Å². The monoisotopic (exact) mass is 266 g/mol. The number of methoxy groups -OCH3 is 1. The molecule has 0 saturated carbocycles. The topological polar surface area (TPSA) is 42.4 Å². The molecule has 0 atom stereocenters. The van der Waals surface area contributed by atoms with Crippen LogP contribution in [0.2, 0.25) is 0 Å². The highest BCUT2D eigenvalue weighted by Gasteiger charge is 2.19. The van der Waals surface area contributed by atoms with Crippen molar-refractivity contribution in [2.75, 3.05) is 32.6 Å². The second-order valence-electron chi connectivity index (χ2n) is 4.23. The Morgan fingerprint density at radius 1 is 1.44 bits per heavy atom. The first kappa shape index (κ1) is 13.4. The van der Waals surface area contributed by atoms with E-state index in [1.807, 2.05) is 17.0 Å². The molecule has 5 heteroatoms. The zero-order chi connectivity index (χ0) is 12.8. The summed E-state index contributed by atoms with van der Waals surface area (Å²) in [6.45, 7) is 2.47. The lowest BCUT2D eigenvalue weighted by Crippen LogP contribution is -2.27. The number of rotatable bonds is 5. The van der Waals surface area contributed by atoms with Crippen molar-refractivity contribution < 1.29 is 9.53 Å². The van der Waals surface area contributed by atoms with Crippen LogP contribution in [0.15, 0.2) is 23.4 Å². The molecule has 0 aromatic carbocycles. The zero-order valence-corrected chi connectivity index (χ0v) is 11.4. The smallest absolute Gasteiger partial charge is 0.255 e. The summed E-state index contributed by atoms with van der Waals surface area (Å²) in [5.41, 5.74) is 0.688. The van der Waals surface area contributed by atoms with Gasteiger partial charge in [-0.1, -0.05) is 0 Å². The number of pyridine rings is 1. The average Bonchev–Trinajstić information content (AvgIpc) is 2.93. The second kappa shape index (κ2) is 6.75. The molecule has 4 nitrogen and oxygen atoms in total. The van der Waals surface area contributed by atoms with Crippen molar-refractivity contribution in [1.82, 2.24) is 9.88 Å². The summed E-state index contributed by atoms with van der Waals surface area (Å²) in [5.74, 6) is 0.983. The Morgan fingerprint density at radius 3 is 2.83 bits per heavy atom. The van der Waals surface area contributed by atoms with Crippen LogP contribution in [0, 0.1) is 0 Å². The number of hydrogen-bond donors (Lipinski definition) is 0. The molecule has 18 heavy (non-hydrogen) atoms. The fourth-order valence-corrected chi connectivity index (χ4v) is 2.68. The molecule has 0 aliphatic carbocycles. The molecule has 1 aliphatic rings. The number of carbonyl (C=O) groups excluding carboxylic acids is 1. The normalized spacial score (nSPS) is 15.1. The Balaban J connectivity index is 1.92. The van der Waals surface area contributed by atoms with Crippen LogP contribution < -0.4 is 0 Å². The van der Waals surface area contributed by atoms with Gasteiger partial charge in [0.05, 0.1) is 17.2 Å². The van der Waals surface area contributed by atoms with E-state index in [9.17, 15) is 4.79 Å². The third-order valence-corrected chi connectivity index (χ3v) is 3.82. The SMILES string of the molecule is COCCSc1ccc(C(=O)N2CCCC2)cn1. The molecule has 2 heterocycles. The van der Waals surface area contributed by atoms with Gasteiger partial charge in [0.2, 0.25) is 0 Å². The first-order valence-corrected chi connectivity index (χ1v) is 7.17. The van der Waals surface area contributed by atoms with Crippen LogP contribution in [0.3, 0.4) is 0 Å². The Hall–Kier alpha value is -1.07. The summed E-state index contributed by atoms with van der Waals surface area (Å²) >= 11 is 1.64. The maximum atomic E-state index is 12.1. The first-order valence-electron chi connectivity index (χ1n) is 6.18. The molecule has 0 bridgehead atoms. The Bertz CT molecular complexity index is 388. The Morgan fingerprint density at radius 2 is 2.22 bits per heavy atom. The van der Waals surface area contributed by atoms with E-state index < -0.39 is 0 Å². The molecule has 2 rings (SSSR count). The third-order valence-electron chi connectivity index (χ3n) is 2.91. The number of thioether (sulfide) groups is 1. The number of carbonyl (C=O) groups is 1. The number of hydrogen-bond acceptors (Lipinski definition) is 4. The molecule has 0 radical (unpaired) electrons. The number of likely N-dealkylation sites (tertiary alicyclic amines) is 1. The molecule has 0 spiro atoms. The van der Waals surface area contributed by atoms with Gasteiger partial charge in [-0.05, 0) is 25.0 Å². The van der Waals surface area contributed by atoms with Crippen molar-refractivity contribution in [3.05, 3.63) is 23.9 Å². The molecule has 1 aromatic heterocycles. The molecular formula is C13H18N2O2S. The van der Waals surface area contributed by atoms with Crippen molar-refractivity contribution in [3.8, 4) is 0 Å². The number of nitrogens with zero attached hydrogens (tertiary/aromatic N) is 2. The van der Waals surface area contributed by atoms with Gasteiger partial charge in [-0.2, -0.15) is 0 Å². The van der Waals surface area contributed by atoms with E-state index in [4.69, 9.17) is 4.74 Å². The molecule has 98 valence electrons. The quantitative estimate of drug-likeness (QED) is 0.604. The van der Waals surface area contributed by atoms with Crippen LogP contribution in [0.4, 0.5) is 0 Å². The van der Waals surface area contributed by atoms with Crippen LogP contribution in [-0.2, 0) is 4.74 Å². The van der Waals surface area contributed by atoms with E-state index in [1.54, 1.807) is 25.1 Å². The van der Waals surface area contributed by atoms with Crippen molar-refractivity contribution >= 4 is 17.7 Å². The van der Waals surface area contributed by atoms with E-state index in [2.05, 4.69) is 4.98 Å². The molecule has 1 saturated heterocycles. The van der Waals surface area contributed by atoms with E-state index in [0.717, 1.165) is 36.7 Å². The summed E-state index contributed by atoms with van der Waals surface area (Å²) in [5, 5.41) is 0.935. The van der Waals surface area contributed by atoms with Crippen LogP contribution >= 0.6 is 11.8 Å². The summed E-state index contributed by atoms with van der Waals surface area (Å²) in [4.78, 5) is 18.3. The standard InChI is InChI=1S/C13H18N2O2S/c1-17-8-9-18-12-5-4-11(10-14-12)13(16)15-6-2-3-7-15/h4-5,10H,2-3,6-9H2,1H3. The highest BCUT2D eigenvalue weighted by atomic mass is 32.2. The molecule has 1 aromatic rings. The van der Waals surface area contributed by atoms with Gasteiger partial charge in [-0.3, -0.25) is 4.79 Å². The van der Waals surface area contributed by atoms with Gasteiger partial charge in [-0.15, -0.1) is 11.8 Å². The molecule has 1 amide bonds. The van der Waals surface area contributed by atoms with Crippen LogP contribution in [0.5, 0.6) is 0 Å². The lowest BCUT2D eigenvalue weighted by molar-refractivity contribution is 0.0792. The van der Waals surface area contributed by atoms with Crippen molar-refractivity contribution in [2.45, 2.75) is 17.9 Å². The van der Waals surface area contributed by atoms with Gasteiger partial charge in [-0.25, -0.2) is 4.98 Å². The number of ether oxygens (including phenoxy) is 1. The first-order chi connectivity index (χ1) is 8.81. The fourth-order valence-electron chi connectivity index (χ4n) is 1.92. The maximum absolute atomic E-state index is 12.1. The number of amides is 1. The molecule has 0 unspecified atom stereocenters. The zero-order valence-electron chi connectivity index (χ0n) is 10.6. The van der Waals surface area contributed by atoms with Crippen LogP contribution in [0.25, 0.3) is 0 Å². The predicted octanol–water partition coefficient (Wildman–Crippen LogP) is 2.06. The average molecular weight is 266 g/mol. The lowest BCUT2D eigenvalue weighted by atomic mass is 10.2. The largest absolute Gasteiger partial charge is 0.384 e. The van der Waals surface area contributed by atoms with Crippen molar-refractivity contribution in [1.29, 1.82) is 0 Å². The lowest BCUT2D eigenvalue weighted by Gasteiger charge is -2.14. The molecule has 0 N–H and O–H groups in total. The summed E-state index contributed by atoms with van der Waals surface area (Å²) in [7, 11) is 1.69. The molecule has 1 aliphatic heterocycles. The highest BCUT2D eigenvalue weighted by molar-refractivity contribution is 7.99. The van der Waals surface area contributed by atoms with Gasteiger partial charge >= 0.3 is 0 Å². The van der Waals surface area contributed by atoms with Crippen LogP contribution in [-0.4, -0.2) is 48.4 Å². The minimum atomic E-state index is 0.105. The summed E-state index contributed by atoms with van der Waals surface area (Å²) in [6.07, 6.45) is 3.91. The molecular weight excluding hydrogens is 248 g/mol. The van der Waals surface area contributed by atoms with Crippen molar-refractivity contribution in [2.24, 2.45) is 0 Å². The fraction of sp³-hybridized carbons (Fsp3) is 0.538. The van der Waals surface area contributed by atoms with E-state index in [1.165, 1.54) is 0 Å². The van der Waals surface area contributed by atoms with Gasteiger partial charge in [0.15, 0.2) is 0 Å². The highest BCUT2D eigenvalue weighted by Crippen LogP contribution is 2.17. The number of aromatic nitrogens is 1. The van der Waals surface area contributed by atoms with E-state index in [-0.39, 0.29) is 5.91 Å². The van der Waals surface area contributed by atoms with Crippen LogP contribution in [0.1, 0.15) is 23.2 Å². The molecule has 1 fully saturated rings. The third kappa shape index (κ3) is 3.46. The van der Waals surface area contributed by atoms with Crippen molar-refractivity contribution in [3.63, 3.8) is 0 Å². The minimum absolute atomic E-state index is 0.105. The minimum Gasteiger partial charge on any atom is -0.384 e. The van der Waals surface area contributed by atoms with E-state index in [0.29, 0.717) is 12.2 Å². The van der Waals surface area contributed by atoms with Gasteiger partial charge < -0.3 is 9.64 Å². The maximum Gasteiger partial charge on any atom is 0.255 e. The van der Waals surface area contributed by atoms with E-state index >= 15 is 0 Å². The Labute approximate surface area is 112 Å². The second-order valence-corrected chi connectivity index (χ2v) is 5.34. The summed E-state index contributed by atoms with van der Waals surface area (Å²) in [6, 6.07) is 3.77. The summed E-state index contributed by atoms with van der Waals surface area (Å²) < 4.78 is 4.98.